The molecule has 0 heterocycles. The Morgan fingerprint density at radius 1 is 1.61 bits per heavy atom. The molecule has 0 spiro atoms. The summed E-state index contributed by atoms with van der Waals surface area (Å²) < 4.78 is 5.02. The smallest absolute Gasteiger partial charge is 0.325 e. The van der Waals surface area contributed by atoms with Crippen molar-refractivity contribution >= 4 is 5.97 Å². The standard InChI is InChI=1S/C14H28N2O2/c1-6-18-13(17)14(4,15)8-11(3)16(5)9-12-7-10(12)2/h10-12H,6-9,15H2,1-5H3. The summed E-state index contributed by atoms with van der Waals surface area (Å²) in [4.78, 5) is 14.0. The monoisotopic (exact) mass is 256 g/mol. The van der Waals surface area contributed by atoms with Gasteiger partial charge < -0.3 is 15.4 Å². The first-order chi connectivity index (χ1) is 8.27. The number of carbonyl (C=O) groups excluding carboxylic acids is 1. The lowest BCUT2D eigenvalue weighted by Gasteiger charge is -2.31. The van der Waals surface area contributed by atoms with E-state index in [1.54, 1.807) is 13.8 Å². The largest absolute Gasteiger partial charge is 0.465 e. The summed E-state index contributed by atoms with van der Waals surface area (Å²) in [5, 5.41) is 0. The minimum absolute atomic E-state index is 0.289. The third kappa shape index (κ3) is 4.25. The molecule has 18 heavy (non-hydrogen) atoms. The predicted molar refractivity (Wildman–Crippen MR) is 73.2 cm³/mol. The molecule has 0 aliphatic heterocycles. The summed E-state index contributed by atoms with van der Waals surface area (Å²) in [5.41, 5.74) is 5.17. The van der Waals surface area contributed by atoms with E-state index in [1.807, 2.05) is 0 Å². The summed E-state index contributed by atoms with van der Waals surface area (Å²) in [6.45, 7) is 9.45. The number of esters is 1. The van der Waals surface area contributed by atoms with Crippen LogP contribution in [0.15, 0.2) is 0 Å². The highest BCUT2D eigenvalue weighted by molar-refractivity contribution is 5.80. The first-order valence-electron chi connectivity index (χ1n) is 6.94. The van der Waals surface area contributed by atoms with Gasteiger partial charge in [-0.15, -0.1) is 0 Å². The second-order valence-corrected chi connectivity index (χ2v) is 6.10. The summed E-state index contributed by atoms with van der Waals surface area (Å²) in [7, 11) is 2.11. The van der Waals surface area contributed by atoms with Crippen LogP contribution in [0.1, 0.15) is 40.5 Å². The van der Waals surface area contributed by atoms with Gasteiger partial charge in [0.1, 0.15) is 5.54 Å². The van der Waals surface area contributed by atoms with Crippen LogP contribution in [0.3, 0.4) is 0 Å². The van der Waals surface area contributed by atoms with Crippen LogP contribution in [0.25, 0.3) is 0 Å². The molecule has 1 rings (SSSR count). The van der Waals surface area contributed by atoms with Crippen molar-refractivity contribution in [3.8, 4) is 0 Å². The van der Waals surface area contributed by atoms with Crippen LogP contribution in [0.2, 0.25) is 0 Å². The van der Waals surface area contributed by atoms with Crippen LogP contribution in [-0.4, -0.2) is 42.6 Å². The van der Waals surface area contributed by atoms with E-state index in [-0.39, 0.29) is 12.0 Å². The third-order valence-electron chi connectivity index (χ3n) is 4.01. The molecule has 1 aliphatic carbocycles. The van der Waals surface area contributed by atoms with E-state index in [2.05, 4.69) is 25.8 Å². The Bertz CT molecular complexity index is 292. The first-order valence-corrected chi connectivity index (χ1v) is 6.94. The van der Waals surface area contributed by atoms with Crippen molar-refractivity contribution in [1.82, 2.24) is 4.90 Å². The lowest BCUT2D eigenvalue weighted by Crippen LogP contribution is -2.50. The SMILES string of the molecule is CCOC(=O)C(C)(N)CC(C)N(C)CC1CC1C. The lowest BCUT2D eigenvalue weighted by atomic mass is 9.94. The fourth-order valence-corrected chi connectivity index (χ4v) is 2.35. The van der Waals surface area contributed by atoms with Crippen molar-refractivity contribution < 1.29 is 9.53 Å². The molecular weight excluding hydrogens is 228 g/mol. The van der Waals surface area contributed by atoms with Crippen molar-refractivity contribution in [2.75, 3.05) is 20.2 Å². The van der Waals surface area contributed by atoms with Gasteiger partial charge in [0.15, 0.2) is 0 Å². The number of carbonyl (C=O) groups is 1. The van der Waals surface area contributed by atoms with E-state index in [1.165, 1.54) is 6.42 Å². The van der Waals surface area contributed by atoms with Crippen LogP contribution in [-0.2, 0) is 9.53 Å². The van der Waals surface area contributed by atoms with E-state index in [0.29, 0.717) is 13.0 Å². The zero-order valence-electron chi connectivity index (χ0n) is 12.4. The Morgan fingerprint density at radius 3 is 2.61 bits per heavy atom. The van der Waals surface area contributed by atoms with Gasteiger partial charge in [-0.05, 0) is 52.5 Å². The highest BCUT2D eigenvalue weighted by Gasteiger charge is 2.36. The van der Waals surface area contributed by atoms with Crippen LogP contribution in [0, 0.1) is 11.8 Å². The number of hydrogen-bond donors (Lipinski definition) is 1. The maximum absolute atomic E-state index is 11.7. The molecule has 4 heteroatoms. The van der Waals surface area contributed by atoms with Gasteiger partial charge in [0.25, 0.3) is 0 Å². The van der Waals surface area contributed by atoms with Crippen molar-refractivity contribution in [3.05, 3.63) is 0 Å². The maximum Gasteiger partial charge on any atom is 0.325 e. The van der Waals surface area contributed by atoms with E-state index >= 15 is 0 Å². The summed E-state index contributed by atoms with van der Waals surface area (Å²) in [6.07, 6.45) is 1.96. The zero-order chi connectivity index (χ0) is 13.9. The van der Waals surface area contributed by atoms with Gasteiger partial charge in [-0.3, -0.25) is 4.79 Å². The minimum Gasteiger partial charge on any atom is -0.465 e. The Balaban J connectivity index is 2.41. The number of nitrogens with two attached hydrogens (primary N) is 1. The molecule has 106 valence electrons. The fourth-order valence-electron chi connectivity index (χ4n) is 2.35. The second-order valence-electron chi connectivity index (χ2n) is 6.10. The van der Waals surface area contributed by atoms with Crippen LogP contribution < -0.4 is 5.73 Å². The molecule has 0 radical (unpaired) electrons. The molecule has 1 aliphatic rings. The quantitative estimate of drug-likeness (QED) is 0.703. The first kappa shape index (κ1) is 15.4. The van der Waals surface area contributed by atoms with Crippen molar-refractivity contribution in [3.63, 3.8) is 0 Å². The van der Waals surface area contributed by atoms with Gasteiger partial charge in [-0.1, -0.05) is 6.92 Å². The number of hydrogen-bond acceptors (Lipinski definition) is 4. The molecule has 2 N–H and O–H groups in total. The molecule has 4 nitrogen and oxygen atoms in total. The molecule has 4 unspecified atom stereocenters. The van der Waals surface area contributed by atoms with E-state index in [0.717, 1.165) is 18.4 Å². The molecule has 0 aromatic carbocycles. The molecular formula is C14H28N2O2. The normalized spacial score (nSPS) is 27.7. The molecule has 1 fully saturated rings. The van der Waals surface area contributed by atoms with Gasteiger partial charge >= 0.3 is 5.97 Å². The van der Waals surface area contributed by atoms with Crippen molar-refractivity contribution in [2.24, 2.45) is 17.6 Å². The third-order valence-corrected chi connectivity index (χ3v) is 4.01. The summed E-state index contributed by atoms with van der Waals surface area (Å²) >= 11 is 0. The Hall–Kier alpha value is -0.610. The molecule has 4 atom stereocenters. The van der Waals surface area contributed by atoms with Gasteiger partial charge in [0.05, 0.1) is 6.61 Å². The summed E-state index contributed by atoms with van der Waals surface area (Å²) in [5.74, 6) is 1.38. The van der Waals surface area contributed by atoms with E-state index in [4.69, 9.17) is 10.5 Å². The fraction of sp³-hybridized carbons (Fsp3) is 0.929. The molecule has 0 aromatic heterocycles. The average molecular weight is 256 g/mol. The highest BCUT2D eigenvalue weighted by Crippen LogP contribution is 2.38. The van der Waals surface area contributed by atoms with Crippen molar-refractivity contribution in [1.29, 1.82) is 0 Å². The number of ether oxygens (including phenoxy) is 1. The summed E-state index contributed by atoms with van der Waals surface area (Å²) in [6, 6.07) is 0.289. The van der Waals surface area contributed by atoms with Crippen LogP contribution in [0.5, 0.6) is 0 Å². The molecule has 0 saturated heterocycles. The van der Waals surface area contributed by atoms with E-state index in [9.17, 15) is 4.79 Å². The molecule has 1 saturated carbocycles. The minimum atomic E-state index is -0.890. The van der Waals surface area contributed by atoms with Gasteiger partial charge in [0, 0.05) is 12.6 Å². The van der Waals surface area contributed by atoms with Gasteiger partial charge in [-0.2, -0.15) is 0 Å². The number of nitrogens with zero attached hydrogens (tertiary/aromatic N) is 1. The van der Waals surface area contributed by atoms with E-state index < -0.39 is 5.54 Å². The molecule has 0 aromatic rings. The molecule has 0 amide bonds. The Morgan fingerprint density at radius 2 is 2.17 bits per heavy atom. The average Bonchev–Trinajstić information content (AvgIpc) is 2.93. The van der Waals surface area contributed by atoms with Gasteiger partial charge in [-0.25, -0.2) is 0 Å². The topological polar surface area (TPSA) is 55.6 Å². The van der Waals surface area contributed by atoms with Crippen LogP contribution >= 0.6 is 0 Å². The van der Waals surface area contributed by atoms with Crippen LogP contribution in [0.4, 0.5) is 0 Å². The molecule has 0 bridgehead atoms. The highest BCUT2D eigenvalue weighted by atomic mass is 16.5. The van der Waals surface area contributed by atoms with Crippen molar-refractivity contribution in [2.45, 2.75) is 52.1 Å². The maximum atomic E-state index is 11.7. The predicted octanol–water partition coefficient (Wildman–Crippen LogP) is 1.63. The zero-order valence-corrected chi connectivity index (χ0v) is 12.4. The van der Waals surface area contributed by atoms with Gasteiger partial charge in [0.2, 0.25) is 0 Å². The Kier molecular flexibility index (Phi) is 5.17. The lowest BCUT2D eigenvalue weighted by molar-refractivity contribution is -0.149. The Labute approximate surface area is 111 Å². The second kappa shape index (κ2) is 6.02. The number of rotatable bonds is 7.